The summed E-state index contributed by atoms with van der Waals surface area (Å²) in [5, 5.41) is 122. The van der Waals surface area contributed by atoms with Gasteiger partial charge in [0.05, 0.1) is 37.5 Å². The first kappa shape index (κ1) is 45.5. The van der Waals surface area contributed by atoms with E-state index < -0.39 is 122 Å². The smallest absolute Gasteiger partial charge is 0.544 e. The molecule has 22 heteroatoms. The van der Waals surface area contributed by atoms with Crippen LogP contribution in [0.2, 0.25) is 0 Å². The van der Waals surface area contributed by atoms with Gasteiger partial charge in [0.15, 0.2) is 0 Å². The van der Waals surface area contributed by atoms with Gasteiger partial charge in [-0.05, 0) is 0 Å². The normalized spacial score (nSPS) is 34.2. The van der Waals surface area contributed by atoms with Crippen molar-refractivity contribution in [3.63, 3.8) is 0 Å². The summed E-state index contributed by atoms with van der Waals surface area (Å²) in [6, 6.07) is -2.59. The number of nitrogens with one attached hydrogen (secondary N) is 2. The number of aliphatic hydroxyl groups is 10. The summed E-state index contributed by atoms with van der Waals surface area (Å²) >= 11 is 0. The Balaban J connectivity index is 0. The molecule has 2 unspecified atom stereocenters. The fourth-order valence-electron chi connectivity index (χ4n) is 4.26. The van der Waals surface area contributed by atoms with Crippen molar-refractivity contribution in [2.75, 3.05) is 13.2 Å². The standard InChI is InChI=1S/2C11H19NO9.2Na/c2*1-4(14)12-7-5(15)2-11(20,10(18)19)21-9(7)8(17)6(16)3-13;;/h2*5-9,13,15-17,20H,2-3H2,1H3,(H,12,14)(H,18,19);;/q;;2*+1/p-2/t2*5-,6+,7+,8+,9+,11?;;/m00../s1. The molecule has 20 nitrogen and oxygen atoms in total. The van der Waals surface area contributed by atoms with E-state index in [0.717, 1.165) is 13.8 Å². The molecule has 0 bridgehead atoms. The van der Waals surface area contributed by atoms with E-state index in [1.165, 1.54) is 0 Å². The van der Waals surface area contributed by atoms with Gasteiger partial charge >= 0.3 is 59.1 Å². The number of amides is 2. The van der Waals surface area contributed by atoms with Crippen LogP contribution in [0, 0.1) is 0 Å². The molecular weight excluding hydrogens is 626 g/mol. The average molecular weight is 663 g/mol. The molecule has 244 valence electrons. The molecule has 2 aliphatic heterocycles. The van der Waals surface area contributed by atoms with E-state index >= 15 is 0 Å². The number of ether oxygens (including phenoxy) is 2. The molecule has 0 radical (unpaired) electrons. The van der Waals surface area contributed by atoms with Crippen LogP contribution in [0.4, 0.5) is 0 Å². The van der Waals surface area contributed by atoms with E-state index in [1.807, 2.05) is 0 Å². The Labute approximate surface area is 294 Å². The molecule has 2 fully saturated rings. The van der Waals surface area contributed by atoms with Crippen LogP contribution in [0.3, 0.4) is 0 Å². The Hall–Kier alpha value is -0.600. The van der Waals surface area contributed by atoms with Crippen molar-refractivity contribution in [3.05, 3.63) is 0 Å². The molecule has 0 spiro atoms. The van der Waals surface area contributed by atoms with Gasteiger partial charge in [0.1, 0.15) is 48.6 Å². The second-order valence-electron chi connectivity index (χ2n) is 9.79. The Morgan fingerprint density at radius 1 is 0.727 bits per heavy atom. The van der Waals surface area contributed by atoms with E-state index in [1.54, 1.807) is 0 Å². The Kier molecular flexibility index (Phi) is 19.9. The van der Waals surface area contributed by atoms with Crippen LogP contribution in [0.1, 0.15) is 26.7 Å². The largest absolute Gasteiger partial charge is 1.00 e. The molecule has 0 saturated carbocycles. The summed E-state index contributed by atoms with van der Waals surface area (Å²) in [5.41, 5.74) is 0. The number of carbonyl (C=O) groups excluding carboxylic acids is 4. The molecule has 2 amide bonds. The minimum Gasteiger partial charge on any atom is -0.544 e. The monoisotopic (exact) mass is 662 g/mol. The second kappa shape index (κ2) is 19.3. The quantitative estimate of drug-likeness (QED) is 0.0966. The van der Waals surface area contributed by atoms with Gasteiger partial charge in [-0.15, -0.1) is 0 Å². The Morgan fingerprint density at radius 3 is 1.20 bits per heavy atom. The van der Waals surface area contributed by atoms with Crippen molar-refractivity contribution in [1.82, 2.24) is 10.6 Å². The first-order valence-corrected chi connectivity index (χ1v) is 12.3. The summed E-state index contributed by atoms with van der Waals surface area (Å²) in [7, 11) is 0. The molecule has 2 aliphatic rings. The maximum absolute atomic E-state index is 11.1. The molecule has 2 saturated heterocycles. The number of aliphatic hydroxyl groups excluding tert-OH is 8. The van der Waals surface area contributed by atoms with Crippen molar-refractivity contribution >= 4 is 23.8 Å². The van der Waals surface area contributed by atoms with Gasteiger partial charge in [-0.1, -0.05) is 0 Å². The third kappa shape index (κ3) is 11.9. The third-order valence-electron chi connectivity index (χ3n) is 6.38. The first-order valence-electron chi connectivity index (χ1n) is 12.3. The zero-order valence-electron chi connectivity index (χ0n) is 24.3. The van der Waals surface area contributed by atoms with Gasteiger partial charge in [0, 0.05) is 26.7 Å². The fourth-order valence-corrected chi connectivity index (χ4v) is 4.26. The van der Waals surface area contributed by atoms with Gasteiger partial charge in [0.2, 0.25) is 23.4 Å². The van der Waals surface area contributed by atoms with Crippen LogP contribution < -0.4 is 80.0 Å². The predicted molar refractivity (Wildman–Crippen MR) is 124 cm³/mol. The predicted octanol–water partition coefficient (Wildman–Crippen LogP) is -16.4. The SMILES string of the molecule is CC(=O)N[C@H]1[C@H]([C@H](O)[C@H](O)CO)OC(O)(C(=O)[O-])C[C@@H]1O.CC(=O)N[C@H]1[C@H]([C@H](O)[C@H](O)CO)OC(O)(C(=O)[O-])C[C@@H]1O.[Na+].[Na+]. The van der Waals surface area contributed by atoms with Gasteiger partial charge < -0.3 is 91.0 Å². The van der Waals surface area contributed by atoms with E-state index in [9.17, 15) is 70.2 Å². The summed E-state index contributed by atoms with van der Waals surface area (Å²) < 4.78 is 9.60. The fraction of sp³-hybridized carbons (Fsp3) is 0.818. The number of rotatable bonds is 10. The molecule has 0 aromatic carbocycles. The van der Waals surface area contributed by atoms with Crippen LogP contribution in [0.15, 0.2) is 0 Å². The van der Waals surface area contributed by atoms with Crippen molar-refractivity contribution in [1.29, 1.82) is 0 Å². The molecule has 0 aromatic rings. The number of hydrogen-bond acceptors (Lipinski definition) is 18. The molecule has 12 N–H and O–H groups in total. The maximum Gasteiger partial charge on any atom is 1.00 e. The van der Waals surface area contributed by atoms with Crippen LogP contribution in [0.25, 0.3) is 0 Å². The number of carboxylic acid groups (broad SMARTS) is 2. The van der Waals surface area contributed by atoms with Crippen LogP contribution >= 0.6 is 0 Å². The molecule has 2 rings (SSSR count). The summed E-state index contributed by atoms with van der Waals surface area (Å²) in [6.45, 7) is 0.456. The zero-order valence-corrected chi connectivity index (χ0v) is 28.3. The molecule has 2 heterocycles. The maximum atomic E-state index is 11.1. The first-order chi connectivity index (χ1) is 19.2. The molecule has 0 aromatic heterocycles. The van der Waals surface area contributed by atoms with E-state index in [0.29, 0.717) is 0 Å². The van der Waals surface area contributed by atoms with E-state index in [2.05, 4.69) is 10.6 Å². The van der Waals surface area contributed by atoms with E-state index in [4.69, 9.17) is 19.7 Å². The Morgan fingerprint density at radius 2 is 1.00 bits per heavy atom. The number of carboxylic acids is 2. The van der Waals surface area contributed by atoms with Crippen LogP contribution in [-0.2, 0) is 28.7 Å². The third-order valence-corrected chi connectivity index (χ3v) is 6.38. The van der Waals surface area contributed by atoms with E-state index in [-0.39, 0.29) is 59.1 Å². The van der Waals surface area contributed by atoms with Crippen molar-refractivity contribution in [3.8, 4) is 0 Å². The topological polar surface area (TPSA) is 359 Å². The second-order valence-corrected chi connectivity index (χ2v) is 9.79. The molecule has 0 aliphatic carbocycles. The van der Waals surface area contributed by atoms with Crippen LogP contribution in [-0.4, -0.2) is 161 Å². The van der Waals surface area contributed by atoms with Gasteiger partial charge in [-0.2, -0.15) is 0 Å². The average Bonchev–Trinajstić information content (AvgIpc) is 2.89. The number of carbonyl (C=O) groups is 4. The minimum absolute atomic E-state index is 0. The van der Waals surface area contributed by atoms with Crippen molar-refractivity contribution < 1.29 is 149 Å². The molecule has 44 heavy (non-hydrogen) atoms. The van der Waals surface area contributed by atoms with Gasteiger partial charge in [0.25, 0.3) is 0 Å². The summed E-state index contributed by atoms with van der Waals surface area (Å²) in [6.07, 6.45) is -15.3. The summed E-state index contributed by atoms with van der Waals surface area (Å²) in [5.74, 6) is -11.1. The number of aliphatic carboxylic acids is 2. The number of hydrogen-bond donors (Lipinski definition) is 12. The van der Waals surface area contributed by atoms with Crippen molar-refractivity contribution in [2.24, 2.45) is 0 Å². The molecule has 12 atom stereocenters. The van der Waals surface area contributed by atoms with Crippen LogP contribution in [0.5, 0.6) is 0 Å². The van der Waals surface area contributed by atoms with Gasteiger partial charge in [-0.3, -0.25) is 9.59 Å². The Bertz CT molecular complexity index is 892. The minimum atomic E-state index is -2.89. The summed E-state index contributed by atoms with van der Waals surface area (Å²) in [4.78, 5) is 44.0. The molecular formula is C22H36N2Na2O18. The van der Waals surface area contributed by atoms with Crippen molar-refractivity contribution in [2.45, 2.75) is 99.2 Å². The van der Waals surface area contributed by atoms with Gasteiger partial charge in [-0.25, -0.2) is 0 Å². The zero-order chi connectivity index (χ0) is 32.7.